The molecule has 0 bridgehead atoms. The number of benzene rings is 1. The van der Waals surface area contributed by atoms with E-state index in [-0.39, 0.29) is 16.5 Å². The van der Waals surface area contributed by atoms with Crippen molar-refractivity contribution in [3.8, 4) is 0 Å². The fraction of sp³-hybridized carbons (Fsp3) is 0.417. The number of halogens is 1. The summed E-state index contributed by atoms with van der Waals surface area (Å²) in [6, 6.07) is 6.94. The van der Waals surface area contributed by atoms with Crippen molar-refractivity contribution in [3.63, 3.8) is 0 Å². The molecule has 0 aliphatic carbocycles. The first kappa shape index (κ1) is 26.4. The smallest absolute Gasteiger partial charge is 0.327 e. The minimum atomic E-state index is -4.23. The van der Waals surface area contributed by atoms with E-state index in [0.717, 1.165) is 8.99 Å². The Morgan fingerprint density at radius 1 is 1.16 bits per heavy atom. The average Bonchev–Trinajstić information content (AvgIpc) is 3.31. The first-order valence-corrected chi connectivity index (χ1v) is 14.0. The van der Waals surface area contributed by atoms with E-state index in [0.29, 0.717) is 47.6 Å². The van der Waals surface area contributed by atoms with Gasteiger partial charge in [0.1, 0.15) is 11.1 Å². The number of carboxylic acids is 1. The lowest BCUT2D eigenvalue weighted by Crippen LogP contribution is -2.62. The van der Waals surface area contributed by atoms with Crippen molar-refractivity contribution in [2.45, 2.75) is 30.0 Å². The third-order valence-corrected chi connectivity index (χ3v) is 9.16. The molecule has 0 saturated carbocycles. The van der Waals surface area contributed by atoms with E-state index < -0.39 is 47.1 Å². The van der Waals surface area contributed by atoms with E-state index in [2.05, 4.69) is 15.4 Å². The molecule has 3 N–H and O–H groups in total. The molecular weight excluding hydrogens is 536 g/mol. The number of nitrogens with one attached hydrogen (secondary N) is 2. The summed E-state index contributed by atoms with van der Waals surface area (Å²) >= 11 is 6.03. The molecule has 4 heterocycles. The van der Waals surface area contributed by atoms with E-state index in [1.54, 1.807) is 18.2 Å². The molecule has 0 radical (unpaired) electrons. The number of aromatic amines is 1. The number of sulfonamides is 1. The highest BCUT2D eigenvalue weighted by atomic mass is 35.5. The number of piperazine rings is 1. The Kier molecular flexibility index (Phi) is 7.03. The fourth-order valence-corrected chi connectivity index (χ4v) is 6.88. The molecule has 2 aliphatic heterocycles. The van der Waals surface area contributed by atoms with Gasteiger partial charge in [-0.3, -0.25) is 9.59 Å². The molecule has 202 valence electrons. The normalized spacial score (nSPS) is 20.6. The first-order valence-electron chi connectivity index (χ1n) is 12.1. The van der Waals surface area contributed by atoms with Crippen molar-refractivity contribution in [1.29, 1.82) is 0 Å². The molecule has 1 aromatic carbocycles. The Balaban J connectivity index is 1.52. The summed E-state index contributed by atoms with van der Waals surface area (Å²) in [5.74, 6) is -2.11. The number of fused-ring (bicyclic) bond motifs is 1. The van der Waals surface area contributed by atoms with Gasteiger partial charge in [-0.1, -0.05) is 11.6 Å². The van der Waals surface area contributed by atoms with E-state index in [9.17, 15) is 27.9 Å². The molecule has 2 atom stereocenters. The number of aryl methyl sites for hydroxylation is 1. The number of carbonyl (C=O) groups is 2. The van der Waals surface area contributed by atoms with Crippen LogP contribution in [0.1, 0.15) is 24.6 Å². The predicted octanol–water partition coefficient (Wildman–Crippen LogP) is 0.942. The third kappa shape index (κ3) is 4.82. The fourth-order valence-electron chi connectivity index (χ4n) is 5.29. The predicted molar refractivity (Wildman–Crippen MR) is 138 cm³/mol. The molecule has 38 heavy (non-hydrogen) atoms. The standard InChI is InChI=1S/C24H27ClN6O6S/c1-29-21(32)5-4-18(28-29)23(14-6-8-26-9-7-14)31-19(24(34)35)12-30(13-22(31)33)38(36,37)20-11-15-10-16(25)2-3-17(15)27-20/h2-5,10-11,14,19,23,26-27H,6-9,12-13H2,1H3,(H,34,35). The van der Waals surface area contributed by atoms with Crippen LogP contribution >= 0.6 is 11.6 Å². The van der Waals surface area contributed by atoms with Crippen LogP contribution in [-0.4, -0.2) is 81.6 Å². The maximum absolute atomic E-state index is 13.6. The lowest BCUT2D eigenvalue weighted by atomic mass is 9.85. The van der Waals surface area contributed by atoms with Crippen LogP contribution in [0.5, 0.6) is 0 Å². The zero-order chi connectivity index (χ0) is 27.2. The second-order valence-corrected chi connectivity index (χ2v) is 11.9. The second-order valence-electron chi connectivity index (χ2n) is 9.57. The minimum absolute atomic E-state index is 0.131. The summed E-state index contributed by atoms with van der Waals surface area (Å²) in [5.41, 5.74) is 0.594. The maximum atomic E-state index is 13.6. The number of hydrogen-bond acceptors (Lipinski definition) is 7. The minimum Gasteiger partial charge on any atom is -0.480 e. The van der Waals surface area contributed by atoms with E-state index in [4.69, 9.17) is 11.6 Å². The van der Waals surface area contributed by atoms with Gasteiger partial charge < -0.3 is 20.3 Å². The largest absolute Gasteiger partial charge is 0.480 e. The Hall–Kier alpha value is -3.26. The molecule has 12 nitrogen and oxygen atoms in total. The number of aliphatic carboxylic acids is 1. The van der Waals surface area contributed by atoms with E-state index in [1.807, 2.05) is 0 Å². The van der Waals surface area contributed by atoms with Crippen molar-refractivity contribution >= 4 is 44.4 Å². The molecule has 14 heteroatoms. The van der Waals surface area contributed by atoms with Crippen LogP contribution in [0.2, 0.25) is 5.02 Å². The highest BCUT2D eigenvalue weighted by Gasteiger charge is 2.47. The number of rotatable bonds is 6. The number of nitrogens with zero attached hydrogens (tertiary/aromatic N) is 4. The lowest BCUT2D eigenvalue weighted by Gasteiger charge is -2.45. The highest BCUT2D eigenvalue weighted by Crippen LogP contribution is 2.37. The van der Waals surface area contributed by atoms with Gasteiger partial charge in [0.25, 0.3) is 15.6 Å². The topological polar surface area (TPSA) is 158 Å². The number of hydrogen-bond donors (Lipinski definition) is 3. The molecule has 2 unspecified atom stereocenters. The second kappa shape index (κ2) is 10.1. The van der Waals surface area contributed by atoms with Crippen molar-refractivity contribution < 1.29 is 23.1 Å². The van der Waals surface area contributed by atoms with Crippen LogP contribution in [0, 0.1) is 5.92 Å². The summed E-state index contributed by atoms with van der Waals surface area (Å²) < 4.78 is 29.1. The van der Waals surface area contributed by atoms with Gasteiger partial charge in [-0.25, -0.2) is 17.9 Å². The molecule has 1 amide bonds. The molecule has 2 aliphatic rings. The zero-order valence-corrected chi connectivity index (χ0v) is 22.1. The van der Waals surface area contributed by atoms with Gasteiger partial charge in [0.05, 0.1) is 18.3 Å². The van der Waals surface area contributed by atoms with Crippen LogP contribution in [-0.2, 0) is 26.7 Å². The van der Waals surface area contributed by atoms with Crippen LogP contribution in [0.3, 0.4) is 0 Å². The van der Waals surface area contributed by atoms with Crippen molar-refractivity contribution in [2.75, 3.05) is 26.2 Å². The van der Waals surface area contributed by atoms with E-state index >= 15 is 0 Å². The molecule has 5 rings (SSSR count). The summed E-state index contributed by atoms with van der Waals surface area (Å²) in [6.45, 7) is 0.386. The van der Waals surface area contributed by atoms with Gasteiger partial charge in [-0.2, -0.15) is 9.40 Å². The lowest BCUT2D eigenvalue weighted by molar-refractivity contribution is -0.158. The van der Waals surface area contributed by atoms with Crippen LogP contribution in [0.4, 0.5) is 0 Å². The summed E-state index contributed by atoms with van der Waals surface area (Å²) in [5, 5.41) is 18.6. The molecular formula is C24H27ClN6O6S. The van der Waals surface area contributed by atoms with Crippen LogP contribution in [0.15, 0.2) is 46.2 Å². The number of piperidine rings is 1. The molecule has 2 saturated heterocycles. The zero-order valence-electron chi connectivity index (χ0n) is 20.5. The van der Waals surface area contributed by atoms with E-state index in [1.165, 1.54) is 30.1 Å². The Labute approximate surface area is 223 Å². The van der Waals surface area contributed by atoms with Gasteiger partial charge in [0, 0.05) is 35.6 Å². The number of amides is 1. The third-order valence-electron chi connectivity index (χ3n) is 7.19. The maximum Gasteiger partial charge on any atom is 0.327 e. The van der Waals surface area contributed by atoms with Gasteiger partial charge >= 0.3 is 5.97 Å². The molecule has 0 spiro atoms. The van der Waals surface area contributed by atoms with Crippen molar-refractivity contribution in [1.82, 2.24) is 29.3 Å². The highest BCUT2D eigenvalue weighted by molar-refractivity contribution is 7.89. The van der Waals surface area contributed by atoms with Crippen molar-refractivity contribution in [2.24, 2.45) is 13.0 Å². The molecule has 2 aromatic heterocycles. The number of H-pyrrole nitrogens is 1. The first-order chi connectivity index (χ1) is 18.1. The van der Waals surface area contributed by atoms with Gasteiger partial charge in [-0.15, -0.1) is 0 Å². The average molecular weight is 563 g/mol. The van der Waals surface area contributed by atoms with Gasteiger partial charge in [0.15, 0.2) is 0 Å². The Morgan fingerprint density at radius 2 is 1.89 bits per heavy atom. The summed E-state index contributed by atoms with van der Waals surface area (Å²) in [7, 11) is -2.75. The summed E-state index contributed by atoms with van der Waals surface area (Å²) in [6.07, 6.45) is 1.32. The van der Waals surface area contributed by atoms with Crippen LogP contribution < -0.4 is 10.9 Å². The van der Waals surface area contributed by atoms with Gasteiger partial charge in [0.2, 0.25) is 5.91 Å². The SMILES string of the molecule is Cn1nc(C(C2CCNCC2)N2C(=O)CN(S(=O)(=O)c3cc4cc(Cl)ccc4[nH]3)CC2C(=O)O)ccc1=O. The van der Waals surface area contributed by atoms with Crippen LogP contribution in [0.25, 0.3) is 10.9 Å². The number of carbonyl (C=O) groups excluding carboxylic acids is 1. The number of carboxylic acid groups (broad SMARTS) is 1. The quantitative estimate of drug-likeness (QED) is 0.400. The number of aromatic nitrogens is 3. The Morgan fingerprint density at radius 3 is 2.58 bits per heavy atom. The summed E-state index contributed by atoms with van der Waals surface area (Å²) in [4.78, 5) is 42.2. The Bertz CT molecular complexity index is 1560. The van der Waals surface area contributed by atoms with Crippen molar-refractivity contribution in [3.05, 3.63) is 57.5 Å². The van der Waals surface area contributed by atoms with Gasteiger partial charge in [-0.05, 0) is 62.2 Å². The molecule has 3 aromatic rings. The molecule has 2 fully saturated rings. The monoisotopic (exact) mass is 562 g/mol.